The van der Waals surface area contributed by atoms with Gasteiger partial charge in [-0.3, -0.25) is 4.18 Å². The van der Waals surface area contributed by atoms with E-state index in [4.69, 9.17) is 0 Å². The van der Waals surface area contributed by atoms with Crippen LogP contribution in [0.4, 0.5) is 13.2 Å². The Balaban J connectivity index is 3.16. The van der Waals surface area contributed by atoms with Crippen molar-refractivity contribution in [2.45, 2.75) is 49.8 Å². The number of aliphatic carboxylic acids is 1. The maximum Gasteiger partial charge on any atom is 0.523 e. The van der Waals surface area contributed by atoms with Crippen LogP contribution in [0.5, 0.6) is 0 Å². The van der Waals surface area contributed by atoms with E-state index >= 15 is 0 Å². The van der Waals surface area contributed by atoms with Crippen LogP contribution in [-0.4, -0.2) is 36.2 Å². The minimum Gasteiger partial charge on any atom is -0.550 e. The third kappa shape index (κ3) is 4.68. The molecule has 0 aromatic heterocycles. The number of hydrogen-bond donors (Lipinski definition) is 1. The Morgan fingerprint density at radius 3 is 2.43 bits per heavy atom. The van der Waals surface area contributed by atoms with Crippen molar-refractivity contribution < 1.29 is 40.8 Å². The van der Waals surface area contributed by atoms with Crippen LogP contribution in [-0.2, 0) is 19.1 Å². The van der Waals surface area contributed by atoms with Gasteiger partial charge in [0.25, 0.3) is 0 Å². The van der Waals surface area contributed by atoms with Gasteiger partial charge in [0, 0.05) is 18.8 Å². The Bertz CT molecular complexity index is 563. The smallest absolute Gasteiger partial charge is 0.523 e. The molecule has 0 saturated heterocycles. The van der Waals surface area contributed by atoms with Crippen LogP contribution in [0.1, 0.15) is 33.1 Å². The predicted molar refractivity (Wildman–Crippen MR) is 62.0 cm³/mol. The van der Waals surface area contributed by atoms with Gasteiger partial charge >= 0.3 is 15.6 Å². The van der Waals surface area contributed by atoms with E-state index in [0.29, 0.717) is 0 Å². The van der Waals surface area contributed by atoms with Gasteiger partial charge in [0.2, 0.25) is 0 Å². The van der Waals surface area contributed by atoms with Crippen LogP contribution in [0.15, 0.2) is 11.6 Å². The van der Waals surface area contributed by atoms with Crippen molar-refractivity contribution in [2.24, 2.45) is 0 Å². The second-order valence-electron chi connectivity index (χ2n) is 5.50. The molecule has 0 fully saturated rings. The van der Waals surface area contributed by atoms with Gasteiger partial charge in [-0.05, 0) is 20.3 Å². The van der Waals surface area contributed by atoms with E-state index in [-0.39, 0.29) is 12.0 Å². The van der Waals surface area contributed by atoms with Gasteiger partial charge in [0.05, 0.1) is 5.60 Å². The number of aliphatic hydroxyl groups is 1. The molecule has 0 aliphatic heterocycles. The first-order valence-electron chi connectivity index (χ1n) is 5.81. The Morgan fingerprint density at radius 2 is 2.00 bits per heavy atom. The molecule has 0 saturated carbocycles. The highest BCUT2D eigenvalue weighted by Crippen LogP contribution is 2.40. The number of carbonyl (C=O) groups excluding carboxylic acids is 1. The monoisotopic (exact) mass is 331 g/mol. The van der Waals surface area contributed by atoms with Crippen molar-refractivity contribution in [1.29, 1.82) is 0 Å². The lowest BCUT2D eigenvalue weighted by molar-refractivity contribution is -0.304. The van der Waals surface area contributed by atoms with Crippen LogP contribution >= 0.6 is 0 Å². The molecule has 1 aliphatic carbocycles. The third-order valence-corrected chi connectivity index (χ3v) is 3.97. The third-order valence-electron chi connectivity index (χ3n) is 2.80. The summed E-state index contributed by atoms with van der Waals surface area (Å²) in [5.74, 6) is -1.50. The maximum absolute atomic E-state index is 12.4. The average Bonchev–Trinajstić information content (AvgIpc) is 2.07. The van der Waals surface area contributed by atoms with Crippen molar-refractivity contribution >= 4 is 16.1 Å². The Hall–Kier alpha value is -1.13. The number of carboxylic acids is 1. The van der Waals surface area contributed by atoms with Crippen molar-refractivity contribution in [3.05, 3.63) is 11.6 Å². The molecular formula is C11H14F3O6S-. The first-order chi connectivity index (χ1) is 9.16. The lowest BCUT2D eigenvalue weighted by atomic mass is 9.77. The summed E-state index contributed by atoms with van der Waals surface area (Å²) >= 11 is 0. The SMILES string of the molecule is CC1(O)CC(CC(=O)[O-])=CC(C)(OS(=O)(=O)C(F)(F)F)C1. The molecule has 10 heteroatoms. The zero-order valence-electron chi connectivity index (χ0n) is 11.2. The fraction of sp³-hybridized carbons (Fsp3) is 0.727. The van der Waals surface area contributed by atoms with E-state index in [9.17, 15) is 36.6 Å². The largest absolute Gasteiger partial charge is 0.550 e. The molecule has 0 radical (unpaired) electrons. The molecule has 0 aromatic rings. The van der Waals surface area contributed by atoms with Gasteiger partial charge < -0.3 is 15.0 Å². The standard InChI is InChI=1S/C11H15F3O6S/c1-9(17)4-7(3-8(15)16)5-10(2,6-9)20-21(18,19)11(12,13)14/h5,17H,3-4,6H2,1-2H3,(H,15,16)/p-1. The normalized spacial score (nSPS) is 30.9. The number of alkyl halides is 3. The fourth-order valence-corrected chi connectivity index (χ4v) is 3.19. The van der Waals surface area contributed by atoms with Crippen LogP contribution in [0.25, 0.3) is 0 Å². The van der Waals surface area contributed by atoms with E-state index < -0.39 is 45.6 Å². The molecule has 122 valence electrons. The van der Waals surface area contributed by atoms with Gasteiger partial charge in [0.1, 0.15) is 5.60 Å². The number of halogens is 3. The molecule has 0 spiro atoms. The average molecular weight is 331 g/mol. The summed E-state index contributed by atoms with van der Waals surface area (Å²) in [5, 5.41) is 20.5. The molecule has 1 aliphatic rings. The molecule has 1 N–H and O–H groups in total. The predicted octanol–water partition coefficient (Wildman–Crippen LogP) is 0.222. The maximum atomic E-state index is 12.4. The molecule has 21 heavy (non-hydrogen) atoms. The Kier molecular flexibility index (Phi) is 4.48. The Labute approximate surface area is 119 Å². The van der Waals surface area contributed by atoms with E-state index in [0.717, 1.165) is 13.0 Å². The van der Waals surface area contributed by atoms with Gasteiger partial charge in [-0.2, -0.15) is 21.6 Å². The summed E-state index contributed by atoms with van der Waals surface area (Å²) in [5.41, 5.74) is -9.18. The lowest BCUT2D eigenvalue weighted by Crippen LogP contribution is -2.45. The zero-order chi connectivity index (χ0) is 16.7. The summed E-state index contributed by atoms with van der Waals surface area (Å²) in [6, 6.07) is 0. The molecule has 0 amide bonds. The quantitative estimate of drug-likeness (QED) is 0.449. The number of carboxylic acid groups (broad SMARTS) is 1. The lowest BCUT2D eigenvalue weighted by Gasteiger charge is -2.39. The topological polar surface area (TPSA) is 104 Å². The van der Waals surface area contributed by atoms with E-state index in [1.54, 1.807) is 0 Å². The van der Waals surface area contributed by atoms with Gasteiger partial charge in [-0.1, -0.05) is 11.6 Å². The van der Waals surface area contributed by atoms with E-state index in [1.807, 2.05) is 0 Å². The number of hydrogen-bond acceptors (Lipinski definition) is 6. The van der Waals surface area contributed by atoms with Crippen molar-refractivity contribution in [3.63, 3.8) is 0 Å². The highest BCUT2D eigenvalue weighted by Gasteiger charge is 2.52. The molecule has 2 unspecified atom stereocenters. The minimum atomic E-state index is -5.88. The van der Waals surface area contributed by atoms with Crippen LogP contribution < -0.4 is 5.11 Å². The van der Waals surface area contributed by atoms with Crippen LogP contribution in [0.3, 0.4) is 0 Å². The summed E-state index contributed by atoms with van der Waals surface area (Å²) < 4.78 is 63.4. The van der Waals surface area contributed by atoms with E-state index in [1.165, 1.54) is 6.92 Å². The van der Waals surface area contributed by atoms with Crippen LogP contribution in [0.2, 0.25) is 0 Å². The summed E-state index contributed by atoms with van der Waals surface area (Å²) in [6.07, 6.45) is -0.233. The molecule has 2 atom stereocenters. The second-order valence-corrected chi connectivity index (χ2v) is 7.04. The number of carbonyl (C=O) groups is 1. The zero-order valence-corrected chi connectivity index (χ0v) is 12.0. The molecule has 1 rings (SSSR count). The van der Waals surface area contributed by atoms with Gasteiger partial charge in [-0.15, -0.1) is 0 Å². The van der Waals surface area contributed by atoms with Gasteiger partial charge in [-0.25, -0.2) is 0 Å². The molecular weight excluding hydrogens is 317 g/mol. The molecule has 0 aromatic carbocycles. The summed E-state index contributed by atoms with van der Waals surface area (Å²) in [6.45, 7) is 2.27. The fourth-order valence-electron chi connectivity index (χ4n) is 2.49. The summed E-state index contributed by atoms with van der Waals surface area (Å²) in [4.78, 5) is 10.6. The second kappa shape index (κ2) is 5.25. The Morgan fingerprint density at radius 1 is 1.48 bits per heavy atom. The first-order valence-corrected chi connectivity index (χ1v) is 7.21. The highest BCUT2D eigenvalue weighted by molar-refractivity contribution is 7.87. The summed E-state index contributed by atoms with van der Waals surface area (Å²) in [7, 11) is -5.88. The van der Waals surface area contributed by atoms with Crippen molar-refractivity contribution in [2.75, 3.05) is 0 Å². The van der Waals surface area contributed by atoms with Crippen molar-refractivity contribution in [1.82, 2.24) is 0 Å². The van der Waals surface area contributed by atoms with E-state index in [2.05, 4.69) is 4.18 Å². The number of rotatable bonds is 4. The first kappa shape index (κ1) is 17.9. The molecule has 6 nitrogen and oxygen atoms in total. The molecule has 0 heterocycles. The minimum absolute atomic E-state index is 0.0334. The molecule has 0 bridgehead atoms. The van der Waals surface area contributed by atoms with Crippen molar-refractivity contribution in [3.8, 4) is 0 Å². The van der Waals surface area contributed by atoms with Gasteiger partial charge in [0.15, 0.2) is 0 Å². The highest BCUT2D eigenvalue weighted by atomic mass is 32.2. The van der Waals surface area contributed by atoms with Crippen LogP contribution in [0, 0.1) is 0 Å².